The molecule has 3 nitrogen and oxygen atoms in total. The maximum atomic E-state index is 13.4. The molecular weight excluding hydrogens is 375 g/mol. The first kappa shape index (κ1) is 22.5. The highest BCUT2D eigenvalue weighted by Gasteiger charge is 2.20. The number of carbonyl (C=O) groups is 1. The fraction of sp³-hybridized carbons (Fsp3) is 0.500. The summed E-state index contributed by atoms with van der Waals surface area (Å²) in [6.45, 7) is 3.22. The van der Waals surface area contributed by atoms with Gasteiger partial charge in [0.1, 0.15) is 5.82 Å². The monoisotopic (exact) mass is 410 g/mol. The average Bonchev–Trinajstić information content (AvgIpc) is 2.76. The Kier molecular flexibility index (Phi) is 8.44. The van der Waals surface area contributed by atoms with Gasteiger partial charge in [0.05, 0.1) is 6.54 Å². The number of carbonyl (C=O) groups excluding carboxylic acids is 1. The number of halogens is 1. The molecule has 0 saturated heterocycles. The lowest BCUT2D eigenvalue weighted by atomic mass is 9.87. The molecule has 1 aliphatic rings. The van der Waals surface area contributed by atoms with Crippen LogP contribution in [0.15, 0.2) is 48.5 Å². The summed E-state index contributed by atoms with van der Waals surface area (Å²) >= 11 is 0. The van der Waals surface area contributed by atoms with Crippen molar-refractivity contribution in [1.29, 1.82) is 0 Å². The highest BCUT2D eigenvalue weighted by molar-refractivity contribution is 5.77. The van der Waals surface area contributed by atoms with Crippen LogP contribution in [0.3, 0.4) is 0 Å². The highest BCUT2D eigenvalue weighted by atomic mass is 19.1. The van der Waals surface area contributed by atoms with E-state index in [1.807, 2.05) is 12.1 Å². The van der Waals surface area contributed by atoms with Crippen LogP contribution >= 0.6 is 0 Å². The summed E-state index contributed by atoms with van der Waals surface area (Å²) in [4.78, 5) is 14.6. The number of nitrogens with zero attached hydrogens (tertiary/aromatic N) is 1. The van der Waals surface area contributed by atoms with Gasteiger partial charge in [-0.1, -0.05) is 61.2 Å². The molecule has 0 radical (unpaired) electrons. The van der Waals surface area contributed by atoms with Gasteiger partial charge in [-0.25, -0.2) is 4.39 Å². The van der Waals surface area contributed by atoms with Crippen molar-refractivity contribution in [3.05, 3.63) is 71.0 Å². The zero-order valence-electron chi connectivity index (χ0n) is 18.4. The fourth-order valence-electron chi connectivity index (χ4n) is 4.49. The molecule has 0 heterocycles. The van der Waals surface area contributed by atoms with E-state index in [1.165, 1.54) is 55.4 Å². The van der Waals surface area contributed by atoms with Gasteiger partial charge in [0.25, 0.3) is 0 Å². The molecular formula is C26H35FN2O. The Labute approximate surface area is 180 Å². The summed E-state index contributed by atoms with van der Waals surface area (Å²) in [5.41, 5.74) is 3.57. The maximum Gasteiger partial charge on any atom is 0.234 e. The number of likely N-dealkylation sites (N-methyl/N-ethyl adjacent to an activating group) is 1. The molecule has 0 bridgehead atoms. The Bertz CT molecular complexity index is 736. The van der Waals surface area contributed by atoms with Gasteiger partial charge in [0.2, 0.25) is 5.91 Å². The first-order valence-electron chi connectivity index (χ1n) is 11.3. The van der Waals surface area contributed by atoms with Crippen molar-refractivity contribution >= 4 is 5.91 Å². The maximum absolute atomic E-state index is 13.4. The molecule has 1 N–H and O–H groups in total. The Balaban J connectivity index is 1.51. The molecule has 2 aromatic carbocycles. The quantitative estimate of drug-likeness (QED) is 0.559. The molecule has 1 saturated carbocycles. The lowest BCUT2D eigenvalue weighted by Crippen LogP contribution is -2.41. The third-order valence-electron chi connectivity index (χ3n) is 6.33. The van der Waals surface area contributed by atoms with Gasteiger partial charge >= 0.3 is 0 Å². The van der Waals surface area contributed by atoms with E-state index in [4.69, 9.17) is 0 Å². The van der Waals surface area contributed by atoms with E-state index in [1.54, 1.807) is 0 Å². The summed E-state index contributed by atoms with van der Waals surface area (Å²) in [5.74, 6) is 0.0977. The van der Waals surface area contributed by atoms with Crippen molar-refractivity contribution < 1.29 is 9.18 Å². The lowest BCUT2D eigenvalue weighted by molar-refractivity contribution is -0.122. The molecule has 4 heteroatoms. The number of rotatable bonds is 9. The molecule has 0 aliphatic heterocycles. The van der Waals surface area contributed by atoms with Gasteiger partial charge in [-0.05, 0) is 62.9 Å². The van der Waals surface area contributed by atoms with E-state index in [0.717, 1.165) is 18.4 Å². The van der Waals surface area contributed by atoms with Crippen LogP contribution in [0.1, 0.15) is 67.6 Å². The number of hydrogen-bond acceptors (Lipinski definition) is 2. The Morgan fingerprint density at radius 1 is 1.03 bits per heavy atom. The highest BCUT2D eigenvalue weighted by Crippen LogP contribution is 2.29. The van der Waals surface area contributed by atoms with E-state index in [0.29, 0.717) is 19.1 Å². The first-order chi connectivity index (χ1) is 14.5. The summed E-state index contributed by atoms with van der Waals surface area (Å²) < 4.78 is 13.4. The predicted molar refractivity (Wildman–Crippen MR) is 121 cm³/mol. The van der Waals surface area contributed by atoms with Crippen LogP contribution < -0.4 is 5.32 Å². The number of benzene rings is 2. The molecule has 30 heavy (non-hydrogen) atoms. The van der Waals surface area contributed by atoms with Crippen LogP contribution in [0.25, 0.3) is 0 Å². The van der Waals surface area contributed by atoms with Gasteiger partial charge in [-0.3, -0.25) is 9.69 Å². The van der Waals surface area contributed by atoms with Crippen molar-refractivity contribution in [1.82, 2.24) is 10.2 Å². The minimum absolute atomic E-state index is 0.108. The fourth-order valence-corrected chi connectivity index (χ4v) is 4.49. The Morgan fingerprint density at radius 2 is 1.63 bits per heavy atom. The molecule has 1 atom stereocenters. The standard InChI is InChI=1S/C26H35FN2O/c1-20-10-12-21(13-11-20)25(22-14-16-23(27)17-15-22)9-6-18-28-26(30)19-29(2)24-7-4-3-5-8-24/h10-17,24-25H,3-9,18-19H2,1-2H3,(H,28,30). The van der Waals surface area contributed by atoms with Crippen molar-refractivity contribution in [2.45, 2.75) is 63.8 Å². The second-order valence-corrected chi connectivity index (χ2v) is 8.71. The first-order valence-corrected chi connectivity index (χ1v) is 11.3. The summed E-state index contributed by atoms with van der Waals surface area (Å²) in [6.07, 6.45) is 8.09. The second kappa shape index (κ2) is 11.3. The van der Waals surface area contributed by atoms with E-state index in [2.05, 4.69) is 48.5 Å². The topological polar surface area (TPSA) is 32.3 Å². The van der Waals surface area contributed by atoms with Gasteiger partial charge in [-0.2, -0.15) is 0 Å². The number of nitrogens with one attached hydrogen (secondary N) is 1. The summed E-state index contributed by atoms with van der Waals surface area (Å²) in [7, 11) is 2.07. The van der Waals surface area contributed by atoms with Crippen LogP contribution in [0.5, 0.6) is 0 Å². The minimum atomic E-state index is -0.212. The SMILES string of the molecule is Cc1ccc(C(CCCNC(=O)CN(C)C2CCCCC2)c2ccc(F)cc2)cc1. The van der Waals surface area contributed by atoms with Gasteiger partial charge in [0.15, 0.2) is 0 Å². The third-order valence-corrected chi connectivity index (χ3v) is 6.33. The Hall–Kier alpha value is -2.20. The summed E-state index contributed by atoms with van der Waals surface area (Å²) in [5, 5.41) is 3.09. The van der Waals surface area contributed by atoms with Gasteiger partial charge < -0.3 is 5.32 Å². The van der Waals surface area contributed by atoms with Crippen molar-refractivity contribution in [2.24, 2.45) is 0 Å². The van der Waals surface area contributed by atoms with Crippen LogP contribution in [0.2, 0.25) is 0 Å². The average molecular weight is 411 g/mol. The van der Waals surface area contributed by atoms with Crippen molar-refractivity contribution in [2.75, 3.05) is 20.1 Å². The lowest BCUT2D eigenvalue weighted by Gasteiger charge is -2.30. The van der Waals surface area contributed by atoms with Crippen LogP contribution in [-0.4, -0.2) is 37.0 Å². The molecule has 1 aliphatic carbocycles. The molecule has 2 aromatic rings. The smallest absolute Gasteiger partial charge is 0.234 e. The number of hydrogen-bond donors (Lipinski definition) is 1. The van der Waals surface area contributed by atoms with Gasteiger partial charge in [0, 0.05) is 18.5 Å². The Morgan fingerprint density at radius 3 is 2.27 bits per heavy atom. The molecule has 0 spiro atoms. The third kappa shape index (κ3) is 6.66. The molecule has 1 unspecified atom stereocenters. The zero-order valence-corrected chi connectivity index (χ0v) is 18.4. The molecule has 0 aromatic heterocycles. The zero-order chi connectivity index (χ0) is 21.3. The minimum Gasteiger partial charge on any atom is -0.355 e. The second-order valence-electron chi connectivity index (χ2n) is 8.71. The van der Waals surface area contributed by atoms with E-state index in [9.17, 15) is 9.18 Å². The predicted octanol–water partition coefficient (Wildman–Crippen LogP) is 5.43. The number of amides is 1. The van der Waals surface area contributed by atoms with Crippen molar-refractivity contribution in [3.63, 3.8) is 0 Å². The van der Waals surface area contributed by atoms with Gasteiger partial charge in [-0.15, -0.1) is 0 Å². The normalized spacial score (nSPS) is 15.9. The summed E-state index contributed by atoms with van der Waals surface area (Å²) in [6, 6.07) is 15.9. The molecule has 1 fully saturated rings. The largest absolute Gasteiger partial charge is 0.355 e. The van der Waals surface area contributed by atoms with Crippen LogP contribution in [0, 0.1) is 12.7 Å². The van der Waals surface area contributed by atoms with E-state index >= 15 is 0 Å². The molecule has 1 amide bonds. The van der Waals surface area contributed by atoms with Crippen LogP contribution in [-0.2, 0) is 4.79 Å². The molecule has 162 valence electrons. The molecule has 3 rings (SSSR count). The van der Waals surface area contributed by atoms with E-state index < -0.39 is 0 Å². The van der Waals surface area contributed by atoms with E-state index in [-0.39, 0.29) is 17.6 Å². The van der Waals surface area contributed by atoms with Crippen molar-refractivity contribution in [3.8, 4) is 0 Å². The van der Waals surface area contributed by atoms with Crippen LogP contribution in [0.4, 0.5) is 4.39 Å². The number of aryl methyl sites for hydroxylation is 1.